The maximum atomic E-state index is 14.0. The molecule has 0 unspecified atom stereocenters. The van der Waals surface area contributed by atoms with Crippen LogP contribution in [0.3, 0.4) is 0 Å². The molecule has 7 nitrogen and oxygen atoms in total. The molecule has 0 spiro atoms. The molecule has 2 amide bonds. The highest BCUT2D eigenvalue weighted by molar-refractivity contribution is 6.05. The summed E-state index contributed by atoms with van der Waals surface area (Å²) in [4.78, 5) is 29.7. The summed E-state index contributed by atoms with van der Waals surface area (Å²) in [7, 11) is 5.41. The molecule has 1 aliphatic heterocycles. The number of halogens is 1. The first-order valence-electron chi connectivity index (χ1n) is 11.0. The summed E-state index contributed by atoms with van der Waals surface area (Å²) >= 11 is 0. The van der Waals surface area contributed by atoms with Gasteiger partial charge in [-0.05, 0) is 50.2 Å². The van der Waals surface area contributed by atoms with Crippen molar-refractivity contribution in [2.45, 2.75) is 26.0 Å². The Morgan fingerprint density at radius 2 is 1.88 bits per heavy atom. The highest BCUT2D eigenvalue weighted by Gasteiger charge is 2.27. The Bertz CT molecular complexity index is 999. The third-order valence-corrected chi connectivity index (χ3v) is 6.13. The Morgan fingerprint density at radius 3 is 2.58 bits per heavy atom. The van der Waals surface area contributed by atoms with Crippen molar-refractivity contribution in [3.8, 4) is 5.75 Å². The van der Waals surface area contributed by atoms with E-state index < -0.39 is 11.7 Å². The molecule has 8 heteroatoms. The number of likely N-dealkylation sites (N-methyl/N-ethyl adjacent to an activating group) is 2. The summed E-state index contributed by atoms with van der Waals surface area (Å²) < 4.78 is 25.7. The zero-order chi connectivity index (χ0) is 24.1. The fraction of sp³-hybridized carbons (Fsp3) is 0.440. The van der Waals surface area contributed by atoms with Crippen molar-refractivity contribution in [1.82, 2.24) is 9.80 Å². The van der Waals surface area contributed by atoms with Crippen molar-refractivity contribution in [2.24, 2.45) is 5.92 Å². The van der Waals surface area contributed by atoms with Gasteiger partial charge in [-0.1, -0.05) is 19.1 Å². The van der Waals surface area contributed by atoms with E-state index in [1.165, 1.54) is 18.2 Å². The van der Waals surface area contributed by atoms with Crippen LogP contribution in [0.15, 0.2) is 42.5 Å². The van der Waals surface area contributed by atoms with Crippen LogP contribution in [0.4, 0.5) is 10.1 Å². The number of methoxy groups -OCH3 is 1. The highest BCUT2D eigenvalue weighted by atomic mass is 19.1. The summed E-state index contributed by atoms with van der Waals surface area (Å²) in [6.45, 7) is 5.78. The second kappa shape index (κ2) is 10.8. The number of anilines is 1. The van der Waals surface area contributed by atoms with Crippen molar-refractivity contribution in [3.05, 3.63) is 59.4 Å². The van der Waals surface area contributed by atoms with Crippen LogP contribution in [0.2, 0.25) is 0 Å². The lowest BCUT2D eigenvalue weighted by Crippen LogP contribution is -2.45. The van der Waals surface area contributed by atoms with Crippen molar-refractivity contribution >= 4 is 17.5 Å². The second-order valence-electron chi connectivity index (χ2n) is 8.68. The summed E-state index contributed by atoms with van der Waals surface area (Å²) in [6, 6.07) is 10.7. The van der Waals surface area contributed by atoms with Gasteiger partial charge in [-0.15, -0.1) is 0 Å². The van der Waals surface area contributed by atoms with E-state index in [0.29, 0.717) is 30.2 Å². The number of amides is 2. The summed E-state index contributed by atoms with van der Waals surface area (Å²) in [5.41, 5.74) is 0.627. The molecule has 3 atom stereocenters. The molecule has 1 N–H and O–H groups in total. The lowest BCUT2D eigenvalue weighted by atomic mass is 10.0. The van der Waals surface area contributed by atoms with Gasteiger partial charge in [0.2, 0.25) is 0 Å². The van der Waals surface area contributed by atoms with Crippen LogP contribution < -0.4 is 10.1 Å². The number of ether oxygens (including phenoxy) is 2. The predicted octanol–water partition coefficient (Wildman–Crippen LogP) is 3.51. The standard InChI is InChI=1S/C25H32FN3O4/c1-16-13-28(3)17(2)15-33-22-11-10-18(27-24(30)19-8-6-7-9-21(19)26)12-20(22)25(31)29(4)14-23(16)32-5/h6-12,16-17,23H,13-15H2,1-5H3,(H,27,30)/t16-,17-,23-/m0/s1. The van der Waals surface area contributed by atoms with E-state index in [4.69, 9.17) is 9.47 Å². The van der Waals surface area contributed by atoms with Crippen molar-refractivity contribution in [3.63, 3.8) is 0 Å². The van der Waals surface area contributed by atoms with Crippen LogP contribution in [-0.2, 0) is 4.74 Å². The number of carbonyl (C=O) groups excluding carboxylic acids is 2. The molecule has 0 saturated carbocycles. The van der Waals surface area contributed by atoms with Gasteiger partial charge in [0.05, 0.1) is 17.2 Å². The molecule has 1 aliphatic rings. The first-order chi connectivity index (χ1) is 15.7. The third kappa shape index (κ3) is 5.89. The van der Waals surface area contributed by atoms with Crippen LogP contribution in [0.1, 0.15) is 34.6 Å². The van der Waals surface area contributed by atoms with Gasteiger partial charge in [-0.3, -0.25) is 14.5 Å². The molecule has 3 rings (SSSR count). The lowest BCUT2D eigenvalue weighted by Gasteiger charge is -2.34. The molecule has 178 valence electrons. The number of nitrogens with one attached hydrogen (secondary N) is 1. The van der Waals surface area contributed by atoms with E-state index in [1.54, 1.807) is 43.3 Å². The van der Waals surface area contributed by atoms with E-state index in [2.05, 4.69) is 24.1 Å². The second-order valence-corrected chi connectivity index (χ2v) is 8.68. The van der Waals surface area contributed by atoms with E-state index in [9.17, 15) is 14.0 Å². The van der Waals surface area contributed by atoms with Crippen LogP contribution in [0.5, 0.6) is 5.75 Å². The summed E-state index contributed by atoms with van der Waals surface area (Å²) in [6.07, 6.45) is -0.138. The van der Waals surface area contributed by atoms with Gasteiger partial charge >= 0.3 is 0 Å². The molecule has 33 heavy (non-hydrogen) atoms. The van der Waals surface area contributed by atoms with Gasteiger partial charge in [0.1, 0.15) is 18.2 Å². The van der Waals surface area contributed by atoms with E-state index in [-0.39, 0.29) is 29.5 Å². The maximum Gasteiger partial charge on any atom is 0.258 e. The minimum atomic E-state index is -0.613. The fourth-order valence-electron chi connectivity index (χ4n) is 3.88. The Labute approximate surface area is 194 Å². The van der Waals surface area contributed by atoms with E-state index in [1.807, 2.05) is 7.05 Å². The van der Waals surface area contributed by atoms with Crippen molar-refractivity contribution < 1.29 is 23.5 Å². The van der Waals surface area contributed by atoms with Crippen LogP contribution in [0.25, 0.3) is 0 Å². The summed E-state index contributed by atoms with van der Waals surface area (Å²) in [5, 5.41) is 2.68. The number of carbonyl (C=O) groups is 2. The third-order valence-electron chi connectivity index (χ3n) is 6.13. The molecule has 0 fully saturated rings. The average Bonchev–Trinajstić information content (AvgIpc) is 2.80. The van der Waals surface area contributed by atoms with Crippen LogP contribution in [-0.4, -0.2) is 74.7 Å². The van der Waals surface area contributed by atoms with E-state index in [0.717, 1.165) is 6.54 Å². The van der Waals surface area contributed by atoms with Gasteiger partial charge in [0.25, 0.3) is 11.8 Å². The number of benzene rings is 2. The van der Waals surface area contributed by atoms with Gasteiger partial charge in [-0.2, -0.15) is 0 Å². The van der Waals surface area contributed by atoms with Crippen molar-refractivity contribution in [2.75, 3.05) is 46.2 Å². The van der Waals surface area contributed by atoms with Crippen molar-refractivity contribution in [1.29, 1.82) is 0 Å². The summed E-state index contributed by atoms with van der Waals surface area (Å²) in [5.74, 6) is -0.825. The Morgan fingerprint density at radius 1 is 1.15 bits per heavy atom. The average molecular weight is 458 g/mol. The van der Waals surface area contributed by atoms with Crippen LogP contribution >= 0.6 is 0 Å². The van der Waals surface area contributed by atoms with Gasteiger partial charge in [0.15, 0.2) is 0 Å². The zero-order valence-electron chi connectivity index (χ0n) is 19.8. The van der Waals surface area contributed by atoms with Gasteiger partial charge in [-0.25, -0.2) is 4.39 Å². The topological polar surface area (TPSA) is 71.1 Å². The number of nitrogens with zero attached hydrogens (tertiary/aromatic N) is 2. The van der Waals surface area contributed by atoms with Gasteiger partial charge < -0.3 is 19.7 Å². The number of rotatable bonds is 3. The fourth-order valence-corrected chi connectivity index (χ4v) is 3.88. The lowest BCUT2D eigenvalue weighted by molar-refractivity contribution is 0.0150. The molecular weight excluding hydrogens is 425 g/mol. The molecule has 0 radical (unpaired) electrons. The minimum absolute atomic E-state index is 0.0706. The molecule has 0 aliphatic carbocycles. The minimum Gasteiger partial charge on any atom is -0.491 e. The number of hydrogen-bond acceptors (Lipinski definition) is 5. The molecule has 1 heterocycles. The SMILES string of the molecule is CO[C@H]1CN(C)C(=O)c2cc(NC(=O)c3ccccc3F)ccc2OC[C@H](C)N(C)C[C@@H]1C. The largest absolute Gasteiger partial charge is 0.491 e. The molecule has 0 saturated heterocycles. The Kier molecular flexibility index (Phi) is 8.05. The quantitative estimate of drug-likeness (QED) is 0.764. The molecule has 0 bridgehead atoms. The first-order valence-corrected chi connectivity index (χ1v) is 11.0. The first kappa shape index (κ1) is 24.7. The van der Waals surface area contributed by atoms with E-state index >= 15 is 0 Å². The molecular formula is C25H32FN3O4. The highest BCUT2D eigenvalue weighted by Crippen LogP contribution is 2.26. The normalized spacial score (nSPS) is 22.5. The zero-order valence-corrected chi connectivity index (χ0v) is 19.8. The smallest absolute Gasteiger partial charge is 0.258 e. The Hall–Kier alpha value is -2.97. The molecule has 2 aromatic carbocycles. The maximum absolute atomic E-state index is 14.0. The molecule has 2 aromatic rings. The van der Waals surface area contributed by atoms with Crippen LogP contribution in [0, 0.1) is 11.7 Å². The predicted molar refractivity (Wildman–Crippen MR) is 125 cm³/mol. The number of hydrogen-bond donors (Lipinski definition) is 1. The monoisotopic (exact) mass is 457 g/mol. The molecule has 0 aromatic heterocycles. The number of fused-ring (bicyclic) bond motifs is 1. The van der Waals surface area contributed by atoms with Gasteiger partial charge in [0, 0.05) is 39.0 Å². The Balaban J connectivity index is 1.92.